The van der Waals surface area contributed by atoms with E-state index in [1.807, 2.05) is 0 Å². The van der Waals surface area contributed by atoms with E-state index in [2.05, 4.69) is 26.6 Å². The van der Waals surface area contributed by atoms with Gasteiger partial charge in [0.05, 0.1) is 17.8 Å². The van der Waals surface area contributed by atoms with Gasteiger partial charge < -0.3 is 15.4 Å². The van der Waals surface area contributed by atoms with E-state index in [9.17, 15) is 28.8 Å². The first-order valence-corrected chi connectivity index (χ1v) is 13.6. The Morgan fingerprint density at radius 2 is 1.79 bits per heavy atom. The summed E-state index contributed by atoms with van der Waals surface area (Å²) in [7, 11) is 0. The molecule has 2 aliphatic heterocycles. The van der Waals surface area contributed by atoms with Gasteiger partial charge in [0, 0.05) is 18.5 Å². The van der Waals surface area contributed by atoms with Crippen LogP contribution < -0.4 is 10.6 Å². The first-order valence-electron chi connectivity index (χ1n) is 12.5. The van der Waals surface area contributed by atoms with E-state index in [0.717, 1.165) is 5.01 Å². The SMILES string of the molecule is CC(C)(C)OC(=O)CC(NC(=O)C1CCCN2C(=O)CCC(NC(=O)c3ccccc3)C(=O)N12)C(=O)CBr. The smallest absolute Gasteiger partial charge is 0.308 e. The lowest BCUT2D eigenvalue weighted by Crippen LogP contribution is -2.64. The standard InChI is InChI=1S/C26H33BrN4O7/c1-26(2,3)38-22(34)14-18(20(32)15-27)29-24(36)19-10-7-13-30-21(33)12-11-17(25(37)31(19)30)28-23(35)16-8-5-4-6-9-16/h4-6,8-9,17-19H,7,10-15H2,1-3H3,(H,28,35)(H,29,36). The van der Waals surface area contributed by atoms with Gasteiger partial charge in [0.2, 0.25) is 11.8 Å². The topological polar surface area (TPSA) is 142 Å². The molecule has 1 aromatic carbocycles. The van der Waals surface area contributed by atoms with E-state index in [-0.39, 0.29) is 43.5 Å². The Morgan fingerprint density at radius 1 is 1.11 bits per heavy atom. The molecular formula is C26H33BrN4O7. The average Bonchev–Trinajstić information content (AvgIpc) is 2.99. The maximum atomic E-state index is 13.6. The van der Waals surface area contributed by atoms with Gasteiger partial charge in [-0.3, -0.25) is 33.8 Å². The monoisotopic (exact) mass is 592 g/mol. The maximum Gasteiger partial charge on any atom is 0.308 e. The maximum absolute atomic E-state index is 13.6. The van der Waals surface area contributed by atoms with E-state index in [1.165, 1.54) is 5.01 Å². The van der Waals surface area contributed by atoms with E-state index in [1.54, 1.807) is 51.1 Å². The van der Waals surface area contributed by atoms with Crippen LogP contribution in [0, 0.1) is 0 Å². The molecule has 0 radical (unpaired) electrons. The number of nitrogens with zero attached hydrogens (tertiary/aromatic N) is 2. The van der Waals surface area contributed by atoms with Crippen LogP contribution >= 0.6 is 15.9 Å². The van der Waals surface area contributed by atoms with Crippen molar-refractivity contribution in [2.75, 3.05) is 11.9 Å². The molecule has 0 saturated carbocycles. The Bertz CT molecular complexity index is 1090. The van der Waals surface area contributed by atoms with Crippen LogP contribution in [0.5, 0.6) is 0 Å². The quantitative estimate of drug-likeness (QED) is 0.344. The van der Waals surface area contributed by atoms with Crippen molar-refractivity contribution in [3.63, 3.8) is 0 Å². The zero-order valence-corrected chi connectivity index (χ0v) is 23.3. The minimum Gasteiger partial charge on any atom is -0.460 e. The van der Waals surface area contributed by atoms with Crippen molar-refractivity contribution < 1.29 is 33.5 Å². The number of Topliss-reactive ketones (excluding diaryl/α,β-unsaturated/α-hetero) is 1. The summed E-state index contributed by atoms with van der Waals surface area (Å²) in [6.45, 7) is 5.32. The van der Waals surface area contributed by atoms with Crippen LogP contribution in [0.4, 0.5) is 0 Å². The van der Waals surface area contributed by atoms with E-state index < -0.39 is 53.2 Å². The number of alkyl halides is 1. The fraction of sp³-hybridized carbons (Fsp3) is 0.538. The molecule has 3 atom stereocenters. The van der Waals surface area contributed by atoms with Gasteiger partial charge in [0.15, 0.2) is 5.78 Å². The minimum absolute atomic E-state index is 0.0135. The lowest BCUT2D eigenvalue weighted by molar-refractivity contribution is -0.176. The first kappa shape index (κ1) is 29.3. The molecule has 2 fully saturated rings. The number of ether oxygens (including phenoxy) is 1. The fourth-order valence-corrected chi connectivity index (χ4v) is 4.78. The molecule has 0 bridgehead atoms. The van der Waals surface area contributed by atoms with Crippen LogP contribution in [0.1, 0.15) is 63.2 Å². The van der Waals surface area contributed by atoms with E-state index >= 15 is 0 Å². The normalized spacial score (nSPS) is 20.6. The highest BCUT2D eigenvalue weighted by molar-refractivity contribution is 9.09. The molecule has 11 nitrogen and oxygen atoms in total. The third-order valence-electron chi connectivity index (χ3n) is 6.13. The number of hydrazine groups is 1. The molecule has 2 N–H and O–H groups in total. The van der Waals surface area contributed by atoms with Crippen LogP contribution in [-0.2, 0) is 28.7 Å². The first-order chi connectivity index (χ1) is 17.9. The Morgan fingerprint density at radius 3 is 2.42 bits per heavy atom. The molecule has 0 aliphatic carbocycles. The van der Waals surface area contributed by atoms with Crippen molar-refractivity contribution in [2.45, 2.75) is 76.6 Å². The molecular weight excluding hydrogens is 560 g/mol. The minimum atomic E-state index is -1.18. The molecule has 2 heterocycles. The number of nitrogens with one attached hydrogen (secondary N) is 2. The predicted octanol–water partition coefficient (Wildman–Crippen LogP) is 1.49. The van der Waals surface area contributed by atoms with Crippen LogP contribution in [-0.4, -0.2) is 81.0 Å². The van der Waals surface area contributed by atoms with Crippen LogP contribution in [0.3, 0.4) is 0 Å². The van der Waals surface area contributed by atoms with Crippen LogP contribution in [0.15, 0.2) is 30.3 Å². The predicted molar refractivity (Wildman–Crippen MR) is 140 cm³/mol. The largest absolute Gasteiger partial charge is 0.460 e. The van der Waals surface area contributed by atoms with Crippen molar-refractivity contribution in [1.82, 2.24) is 20.7 Å². The van der Waals surface area contributed by atoms with Gasteiger partial charge in [-0.05, 0) is 52.2 Å². The summed E-state index contributed by atoms with van der Waals surface area (Å²) < 4.78 is 5.30. The summed E-state index contributed by atoms with van der Waals surface area (Å²) >= 11 is 3.08. The number of carbonyl (C=O) groups excluding carboxylic acids is 6. The number of rotatable bonds is 8. The lowest BCUT2D eigenvalue weighted by Gasteiger charge is -2.43. The second-order valence-corrected chi connectivity index (χ2v) is 10.8. The Kier molecular flexibility index (Phi) is 9.64. The number of ketones is 1. The molecule has 0 aromatic heterocycles. The lowest BCUT2D eigenvalue weighted by atomic mass is 10.0. The molecule has 206 valence electrons. The molecule has 2 aliphatic rings. The van der Waals surface area contributed by atoms with Gasteiger partial charge in [-0.15, -0.1) is 0 Å². The zero-order valence-electron chi connectivity index (χ0n) is 21.7. The van der Waals surface area contributed by atoms with Gasteiger partial charge in [-0.2, -0.15) is 0 Å². The summed E-state index contributed by atoms with van der Waals surface area (Å²) in [6, 6.07) is 5.07. The average molecular weight is 593 g/mol. The highest BCUT2D eigenvalue weighted by atomic mass is 79.9. The number of carbonyl (C=O) groups is 6. The summed E-state index contributed by atoms with van der Waals surface area (Å²) in [5, 5.41) is 7.53. The zero-order chi connectivity index (χ0) is 28.0. The van der Waals surface area contributed by atoms with Gasteiger partial charge in [0.1, 0.15) is 17.7 Å². The Hall–Kier alpha value is -3.28. The number of halogens is 1. The second kappa shape index (κ2) is 12.5. The van der Waals surface area contributed by atoms with Gasteiger partial charge in [0.25, 0.3) is 11.8 Å². The molecule has 1 aromatic rings. The number of hydrogen-bond acceptors (Lipinski definition) is 7. The third-order valence-corrected chi connectivity index (χ3v) is 6.69. The number of fused-ring (bicyclic) bond motifs is 1. The molecule has 0 spiro atoms. The van der Waals surface area contributed by atoms with Crippen molar-refractivity contribution >= 4 is 51.3 Å². The number of hydrogen-bond donors (Lipinski definition) is 2. The number of benzene rings is 1. The molecule has 3 rings (SSSR count). The Balaban J connectivity index is 1.80. The van der Waals surface area contributed by atoms with Crippen molar-refractivity contribution in [3.8, 4) is 0 Å². The summed E-state index contributed by atoms with van der Waals surface area (Å²) in [4.78, 5) is 77.6. The highest BCUT2D eigenvalue weighted by Crippen LogP contribution is 2.25. The Labute approximate surface area is 229 Å². The van der Waals surface area contributed by atoms with Crippen LogP contribution in [0.25, 0.3) is 0 Å². The van der Waals surface area contributed by atoms with E-state index in [4.69, 9.17) is 4.74 Å². The highest BCUT2D eigenvalue weighted by Gasteiger charge is 2.45. The number of esters is 1. The summed E-state index contributed by atoms with van der Waals surface area (Å²) in [6.07, 6.45) is 0.410. The molecule has 2 saturated heterocycles. The van der Waals surface area contributed by atoms with Crippen molar-refractivity contribution in [3.05, 3.63) is 35.9 Å². The molecule has 12 heteroatoms. The van der Waals surface area contributed by atoms with Gasteiger partial charge >= 0.3 is 5.97 Å². The second-order valence-electron chi connectivity index (χ2n) is 10.2. The fourth-order valence-electron chi connectivity index (χ4n) is 4.39. The third kappa shape index (κ3) is 7.40. The summed E-state index contributed by atoms with van der Waals surface area (Å²) in [5.74, 6) is -3.17. The number of amides is 4. The van der Waals surface area contributed by atoms with Gasteiger partial charge in [-0.1, -0.05) is 34.1 Å². The molecule has 3 unspecified atom stereocenters. The molecule has 4 amide bonds. The van der Waals surface area contributed by atoms with Gasteiger partial charge in [-0.25, -0.2) is 5.01 Å². The van der Waals surface area contributed by atoms with Crippen molar-refractivity contribution in [1.29, 1.82) is 0 Å². The summed E-state index contributed by atoms with van der Waals surface area (Å²) in [5.41, 5.74) is -0.413. The molecule has 38 heavy (non-hydrogen) atoms. The van der Waals surface area contributed by atoms with Crippen LogP contribution in [0.2, 0.25) is 0 Å². The van der Waals surface area contributed by atoms with E-state index in [0.29, 0.717) is 12.0 Å². The van der Waals surface area contributed by atoms with Crippen molar-refractivity contribution in [2.24, 2.45) is 0 Å².